The zero-order valence-electron chi connectivity index (χ0n) is 11.5. The number of aliphatic hydroxyl groups is 1. The average molecular weight is 320 g/mol. The molecule has 4 atom stereocenters. The first kappa shape index (κ1) is 16.9. The summed E-state index contributed by atoms with van der Waals surface area (Å²) in [6, 6.07) is 0. The number of ether oxygens (including phenoxy) is 1. The average Bonchev–Trinajstić information content (AvgIpc) is 2.87. The third kappa shape index (κ3) is 3.16. The molecule has 0 aromatic carbocycles. The van der Waals surface area contributed by atoms with Crippen LogP contribution in [0.4, 0.5) is 26.3 Å². The monoisotopic (exact) mass is 320 g/mol. The summed E-state index contributed by atoms with van der Waals surface area (Å²) in [5.41, 5.74) is -4.73. The third-order valence-electron chi connectivity index (χ3n) is 4.60. The number of hydrogen-bond donors (Lipinski definition) is 1. The summed E-state index contributed by atoms with van der Waals surface area (Å²) in [6.45, 7) is 1.15. The zero-order chi connectivity index (χ0) is 16.1. The Kier molecular flexibility index (Phi) is 4.25. The van der Waals surface area contributed by atoms with Crippen LogP contribution in [0.2, 0.25) is 0 Å². The smallest absolute Gasteiger partial charge is 0.375 e. The van der Waals surface area contributed by atoms with Crippen LogP contribution in [0.3, 0.4) is 0 Å². The summed E-state index contributed by atoms with van der Waals surface area (Å²) in [4.78, 5) is 0. The summed E-state index contributed by atoms with van der Waals surface area (Å²) < 4.78 is 81.0. The second-order valence-corrected chi connectivity index (χ2v) is 6.22. The summed E-state index contributed by atoms with van der Waals surface area (Å²) in [6.07, 6.45) is -11.1. The fourth-order valence-electron chi connectivity index (χ4n) is 3.51. The lowest BCUT2D eigenvalue weighted by Crippen LogP contribution is -2.58. The Morgan fingerprint density at radius 3 is 2.00 bits per heavy atom. The SMILES string of the molecule is CC(CC(O)(C(F)(F)F)C(F)(F)F)OC1CC2CCC1C2. The predicted molar refractivity (Wildman–Crippen MR) is 61.5 cm³/mol. The molecule has 2 bridgehead atoms. The van der Waals surface area contributed by atoms with Gasteiger partial charge in [-0.2, -0.15) is 26.3 Å². The summed E-state index contributed by atoms with van der Waals surface area (Å²) >= 11 is 0. The van der Waals surface area contributed by atoms with Crippen molar-refractivity contribution in [3.63, 3.8) is 0 Å². The van der Waals surface area contributed by atoms with Crippen LogP contribution in [0.25, 0.3) is 0 Å². The quantitative estimate of drug-likeness (QED) is 0.798. The molecule has 0 spiro atoms. The Morgan fingerprint density at radius 1 is 1.05 bits per heavy atom. The molecule has 0 heterocycles. The largest absolute Gasteiger partial charge is 0.426 e. The number of halogens is 6. The van der Waals surface area contributed by atoms with Crippen molar-refractivity contribution in [1.82, 2.24) is 0 Å². The Labute approximate surface area is 118 Å². The van der Waals surface area contributed by atoms with E-state index in [0.717, 1.165) is 26.2 Å². The van der Waals surface area contributed by atoms with Gasteiger partial charge in [0.05, 0.1) is 12.2 Å². The lowest BCUT2D eigenvalue weighted by Gasteiger charge is -2.35. The van der Waals surface area contributed by atoms with Gasteiger partial charge in [-0.25, -0.2) is 0 Å². The first-order valence-corrected chi connectivity index (χ1v) is 6.95. The maximum Gasteiger partial charge on any atom is 0.426 e. The highest BCUT2D eigenvalue weighted by Gasteiger charge is 2.70. The summed E-state index contributed by atoms with van der Waals surface area (Å²) in [5.74, 6) is 0.693. The second-order valence-electron chi connectivity index (χ2n) is 6.22. The van der Waals surface area contributed by atoms with E-state index in [1.807, 2.05) is 0 Å². The van der Waals surface area contributed by atoms with E-state index in [1.165, 1.54) is 0 Å². The van der Waals surface area contributed by atoms with Gasteiger partial charge in [-0.3, -0.25) is 0 Å². The summed E-state index contributed by atoms with van der Waals surface area (Å²) in [5, 5.41) is 9.13. The van der Waals surface area contributed by atoms with Gasteiger partial charge in [-0.1, -0.05) is 0 Å². The molecule has 0 amide bonds. The van der Waals surface area contributed by atoms with Crippen LogP contribution in [-0.4, -0.2) is 35.3 Å². The van der Waals surface area contributed by atoms with Gasteiger partial charge in [0.1, 0.15) is 0 Å². The van der Waals surface area contributed by atoms with E-state index in [-0.39, 0.29) is 12.0 Å². The molecule has 0 aromatic rings. The Balaban J connectivity index is 2.00. The van der Waals surface area contributed by atoms with E-state index >= 15 is 0 Å². The Morgan fingerprint density at radius 2 is 1.62 bits per heavy atom. The minimum absolute atomic E-state index is 0.224. The molecule has 0 radical (unpaired) electrons. The molecule has 1 N–H and O–H groups in total. The van der Waals surface area contributed by atoms with E-state index in [9.17, 15) is 26.3 Å². The van der Waals surface area contributed by atoms with Crippen LogP contribution in [0.15, 0.2) is 0 Å². The van der Waals surface area contributed by atoms with Gasteiger partial charge in [0, 0.05) is 6.42 Å². The predicted octanol–water partition coefficient (Wildman–Crippen LogP) is 3.83. The number of alkyl halides is 6. The van der Waals surface area contributed by atoms with Crippen LogP contribution >= 0.6 is 0 Å². The minimum Gasteiger partial charge on any atom is -0.375 e. The van der Waals surface area contributed by atoms with Gasteiger partial charge in [-0.15, -0.1) is 0 Å². The molecule has 21 heavy (non-hydrogen) atoms. The maximum atomic E-state index is 12.6. The maximum absolute atomic E-state index is 12.6. The molecular formula is C13H18F6O2. The van der Waals surface area contributed by atoms with Crippen molar-refractivity contribution in [2.75, 3.05) is 0 Å². The molecule has 4 unspecified atom stereocenters. The van der Waals surface area contributed by atoms with Gasteiger partial charge in [0.15, 0.2) is 0 Å². The molecule has 8 heteroatoms. The second kappa shape index (κ2) is 5.30. The van der Waals surface area contributed by atoms with Gasteiger partial charge in [0.2, 0.25) is 0 Å². The van der Waals surface area contributed by atoms with Crippen molar-refractivity contribution in [2.45, 2.75) is 69.2 Å². The minimum atomic E-state index is -5.78. The lowest BCUT2D eigenvalue weighted by atomic mass is 9.94. The molecule has 2 fully saturated rings. The highest BCUT2D eigenvalue weighted by atomic mass is 19.4. The van der Waals surface area contributed by atoms with E-state index in [0.29, 0.717) is 12.3 Å². The standard InChI is InChI=1S/C13H18F6O2/c1-7(21-10-5-8-2-3-9(10)4-8)6-11(20,12(14,15)16)13(17,18)19/h7-10,20H,2-6H2,1H3. The van der Waals surface area contributed by atoms with Crippen LogP contribution in [0, 0.1) is 11.8 Å². The molecule has 2 saturated carbocycles. The molecule has 124 valence electrons. The Bertz CT molecular complexity index is 364. The van der Waals surface area contributed by atoms with Gasteiger partial charge in [0.25, 0.3) is 5.60 Å². The fourth-order valence-corrected chi connectivity index (χ4v) is 3.51. The van der Waals surface area contributed by atoms with E-state index in [4.69, 9.17) is 9.84 Å². The summed E-state index contributed by atoms with van der Waals surface area (Å²) in [7, 11) is 0. The first-order valence-electron chi connectivity index (χ1n) is 6.95. The molecule has 0 aliphatic heterocycles. The highest BCUT2D eigenvalue weighted by Crippen LogP contribution is 2.48. The van der Waals surface area contributed by atoms with Crippen LogP contribution in [0.1, 0.15) is 39.0 Å². The van der Waals surface area contributed by atoms with Crippen molar-refractivity contribution < 1.29 is 36.2 Å². The van der Waals surface area contributed by atoms with Gasteiger partial charge >= 0.3 is 12.4 Å². The van der Waals surface area contributed by atoms with E-state index in [1.54, 1.807) is 0 Å². The van der Waals surface area contributed by atoms with Gasteiger partial charge in [-0.05, 0) is 44.4 Å². The Hall–Kier alpha value is -0.500. The van der Waals surface area contributed by atoms with Crippen LogP contribution < -0.4 is 0 Å². The molecule has 0 aromatic heterocycles. The molecular weight excluding hydrogens is 302 g/mol. The number of rotatable bonds is 4. The fraction of sp³-hybridized carbons (Fsp3) is 1.00. The lowest BCUT2D eigenvalue weighted by molar-refractivity contribution is -0.375. The van der Waals surface area contributed by atoms with Crippen molar-refractivity contribution in [1.29, 1.82) is 0 Å². The van der Waals surface area contributed by atoms with Crippen LogP contribution in [0.5, 0.6) is 0 Å². The molecule has 2 rings (SSSR count). The third-order valence-corrected chi connectivity index (χ3v) is 4.60. The number of fused-ring (bicyclic) bond motifs is 2. The van der Waals surface area contributed by atoms with Gasteiger partial charge < -0.3 is 9.84 Å². The topological polar surface area (TPSA) is 29.5 Å². The zero-order valence-corrected chi connectivity index (χ0v) is 11.5. The number of hydrogen-bond acceptors (Lipinski definition) is 2. The molecule has 2 aliphatic carbocycles. The van der Waals surface area contributed by atoms with Crippen molar-refractivity contribution >= 4 is 0 Å². The first-order chi connectivity index (χ1) is 9.44. The van der Waals surface area contributed by atoms with Crippen molar-refractivity contribution in [2.24, 2.45) is 11.8 Å². The molecule has 2 aliphatic rings. The van der Waals surface area contributed by atoms with Crippen molar-refractivity contribution in [3.05, 3.63) is 0 Å². The molecule has 2 nitrogen and oxygen atoms in total. The normalized spacial score (nSPS) is 31.7. The molecule has 0 saturated heterocycles. The van der Waals surface area contributed by atoms with E-state index in [2.05, 4.69) is 0 Å². The van der Waals surface area contributed by atoms with E-state index < -0.39 is 30.5 Å². The highest BCUT2D eigenvalue weighted by molar-refractivity contribution is 4.96. The van der Waals surface area contributed by atoms with Crippen molar-refractivity contribution in [3.8, 4) is 0 Å². The van der Waals surface area contributed by atoms with Crippen LogP contribution in [-0.2, 0) is 4.74 Å².